The maximum Gasteiger partial charge on any atom is 0.206 e. The molecule has 0 unspecified atom stereocenters. The van der Waals surface area contributed by atoms with Gasteiger partial charge in [0.05, 0.1) is 23.7 Å². The first-order valence-electron chi connectivity index (χ1n) is 10.4. The minimum atomic E-state index is -2.25. The molecule has 6 rings (SSSR count). The van der Waals surface area contributed by atoms with Crippen LogP contribution in [0.25, 0.3) is 0 Å². The number of ether oxygens (including phenoxy) is 2. The summed E-state index contributed by atoms with van der Waals surface area (Å²) in [6.45, 7) is 8.08. The van der Waals surface area contributed by atoms with Crippen LogP contribution in [0.2, 0.25) is 0 Å². The third-order valence-electron chi connectivity index (χ3n) is 9.25. The maximum atomic E-state index is 11.9. The lowest BCUT2D eigenvalue weighted by Crippen LogP contribution is -2.87. The van der Waals surface area contributed by atoms with Crippen LogP contribution < -0.4 is 0 Å². The molecule has 4 aliphatic carbocycles. The molecule has 11 atom stereocenters. The lowest BCUT2D eigenvalue weighted by Gasteiger charge is -2.76. The summed E-state index contributed by atoms with van der Waals surface area (Å²) >= 11 is 0. The summed E-state index contributed by atoms with van der Waals surface area (Å²) in [6, 6.07) is 0. The van der Waals surface area contributed by atoms with E-state index >= 15 is 0 Å². The first-order chi connectivity index (χ1) is 13.0. The van der Waals surface area contributed by atoms with Crippen molar-refractivity contribution in [3.05, 3.63) is 12.2 Å². The molecular weight excluding hydrogens is 364 g/mol. The van der Waals surface area contributed by atoms with Gasteiger partial charge < -0.3 is 35.0 Å². The van der Waals surface area contributed by atoms with Crippen LogP contribution in [-0.4, -0.2) is 69.1 Å². The first-order valence-corrected chi connectivity index (χ1v) is 10.4. The van der Waals surface area contributed by atoms with Gasteiger partial charge in [-0.3, -0.25) is 0 Å². The molecule has 158 valence electrons. The molecule has 2 spiro atoms. The monoisotopic (exact) mass is 396 g/mol. The topological polar surface area (TPSA) is 120 Å². The summed E-state index contributed by atoms with van der Waals surface area (Å²) in [7, 11) is 1.50. The fourth-order valence-electron chi connectivity index (χ4n) is 8.55. The molecule has 2 saturated heterocycles. The second-order valence-electron chi connectivity index (χ2n) is 10.5. The van der Waals surface area contributed by atoms with Crippen molar-refractivity contribution in [2.45, 2.75) is 76.0 Å². The average molecular weight is 396 g/mol. The normalized spacial score (nSPS) is 61.8. The minimum absolute atomic E-state index is 0.265. The molecule has 7 nitrogen and oxygen atoms in total. The summed E-state index contributed by atoms with van der Waals surface area (Å²) in [5.74, 6) is -3.89. The molecule has 28 heavy (non-hydrogen) atoms. The Balaban J connectivity index is 1.84. The van der Waals surface area contributed by atoms with E-state index in [2.05, 4.69) is 20.4 Å². The SMILES string of the molecule is C=C1[C@@H](O)[C@]23[C@H](O)[C@H]1C[C@H](O)[C@H]2[C@]12CCCC(C)(C)[C@H]1[C@H](O)[C@]3(O)O[C@@H]2OC. The Hall–Kier alpha value is -0.540. The zero-order valence-corrected chi connectivity index (χ0v) is 16.7. The molecule has 4 saturated carbocycles. The number of hydrogen-bond acceptors (Lipinski definition) is 7. The van der Waals surface area contributed by atoms with Gasteiger partial charge in [0.2, 0.25) is 5.79 Å². The Morgan fingerprint density at radius 1 is 1.07 bits per heavy atom. The van der Waals surface area contributed by atoms with Crippen molar-refractivity contribution in [3.8, 4) is 0 Å². The van der Waals surface area contributed by atoms with Crippen molar-refractivity contribution < 1.29 is 35.0 Å². The number of hydrogen-bond donors (Lipinski definition) is 5. The van der Waals surface area contributed by atoms with Crippen LogP contribution in [0.1, 0.15) is 39.5 Å². The standard InChI is InChI=1S/C21H32O7/c1-9-10-8-11(22)12-19-7-5-6-18(2,3)13(19)16(25)21(26,28-17(19)27-4)20(12,14(9)23)15(10)24/h10-17,22-26H,1,5-8H2,2-4H3/t10-,11-,12-,13+,14+,15+,16-,17-,19+,20-,21-/m0/s1. The summed E-state index contributed by atoms with van der Waals surface area (Å²) in [5, 5.41) is 57.3. The Bertz CT molecular complexity index is 724. The zero-order chi connectivity index (χ0) is 20.4. The molecule has 2 heterocycles. The van der Waals surface area contributed by atoms with Gasteiger partial charge in [-0.15, -0.1) is 0 Å². The quantitative estimate of drug-likeness (QED) is 0.400. The van der Waals surface area contributed by atoms with E-state index in [1.807, 2.05) is 0 Å². The largest absolute Gasteiger partial charge is 0.393 e. The van der Waals surface area contributed by atoms with Crippen molar-refractivity contribution >= 4 is 0 Å². The van der Waals surface area contributed by atoms with Gasteiger partial charge in [0.1, 0.15) is 6.10 Å². The van der Waals surface area contributed by atoms with Crippen LogP contribution in [0, 0.1) is 34.0 Å². The number of methoxy groups -OCH3 is 1. The van der Waals surface area contributed by atoms with Crippen molar-refractivity contribution in [1.82, 2.24) is 0 Å². The van der Waals surface area contributed by atoms with Gasteiger partial charge in [-0.25, -0.2) is 0 Å². The lowest BCUT2D eigenvalue weighted by molar-refractivity contribution is -0.521. The predicted octanol–water partition coefficient (Wildman–Crippen LogP) is 0.140. The van der Waals surface area contributed by atoms with Crippen molar-refractivity contribution in [2.24, 2.45) is 34.0 Å². The second kappa shape index (κ2) is 5.38. The van der Waals surface area contributed by atoms with Crippen molar-refractivity contribution in [1.29, 1.82) is 0 Å². The molecule has 0 amide bonds. The van der Waals surface area contributed by atoms with Gasteiger partial charge in [-0.05, 0) is 30.3 Å². The molecule has 0 aromatic heterocycles. The van der Waals surface area contributed by atoms with E-state index in [0.29, 0.717) is 12.0 Å². The molecular formula is C21H32O7. The van der Waals surface area contributed by atoms with Gasteiger partial charge in [0.25, 0.3) is 0 Å². The molecule has 0 radical (unpaired) electrons. The second-order valence-corrected chi connectivity index (χ2v) is 10.5. The van der Waals surface area contributed by atoms with E-state index in [9.17, 15) is 25.5 Å². The smallest absolute Gasteiger partial charge is 0.206 e. The van der Waals surface area contributed by atoms with Crippen LogP contribution in [0.4, 0.5) is 0 Å². The van der Waals surface area contributed by atoms with Crippen LogP contribution in [0.3, 0.4) is 0 Å². The number of aliphatic hydroxyl groups excluding tert-OH is 4. The van der Waals surface area contributed by atoms with Gasteiger partial charge in [-0.1, -0.05) is 26.8 Å². The van der Waals surface area contributed by atoms with Gasteiger partial charge >= 0.3 is 0 Å². The zero-order valence-electron chi connectivity index (χ0n) is 16.7. The van der Waals surface area contributed by atoms with E-state index in [1.165, 1.54) is 7.11 Å². The Morgan fingerprint density at radius 2 is 1.75 bits per heavy atom. The lowest BCUT2D eigenvalue weighted by atomic mass is 9.35. The third-order valence-corrected chi connectivity index (χ3v) is 9.25. The highest BCUT2D eigenvalue weighted by atomic mass is 16.8. The van der Waals surface area contributed by atoms with Crippen molar-refractivity contribution in [3.63, 3.8) is 0 Å². The highest BCUT2D eigenvalue weighted by Crippen LogP contribution is 2.78. The predicted molar refractivity (Wildman–Crippen MR) is 97.6 cm³/mol. The van der Waals surface area contributed by atoms with Crippen LogP contribution in [0.15, 0.2) is 12.2 Å². The van der Waals surface area contributed by atoms with Crippen molar-refractivity contribution in [2.75, 3.05) is 7.11 Å². The molecule has 2 aliphatic heterocycles. The van der Waals surface area contributed by atoms with Crippen LogP contribution >= 0.6 is 0 Å². The maximum absolute atomic E-state index is 11.9. The molecule has 0 aromatic carbocycles. The van der Waals surface area contributed by atoms with Gasteiger partial charge in [0.15, 0.2) is 6.29 Å². The number of rotatable bonds is 1. The fraction of sp³-hybridized carbons (Fsp3) is 0.905. The highest BCUT2D eigenvalue weighted by Gasteiger charge is 2.88. The van der Waals surface area contributed by atoms with Gasteiger partial charge in [-0.2, -0.15) is 0 Å². The summed E-state index contributed by atoms with van der Waals surface area (Å²) in [5.41, 5.74) is -2.42. The Morgan fingerprint density at radius 3 is 2.39 bits per heavy atom. The third kappa shape index (κ3) is 1.67. The van der Waals surface area contributed by atoms with E-state index in [1.54, 1.807) is 0 Å². The molecule has 5 N–H and O–H groups in total. The highest BCUT2D eigenvalue weighted by molar-refractivity contribution is 5.38. The Labute approximate surface area is 165 Å². The summed E-state index contributed by atoms with van der Waals surface area (Å²) in [6.07, 6.45) is -2.91. The fourth-order valence-corrected chi connectivity index (χ4v) is 8.55. The first kappa shape index (κ1) is 19.4. The summed E-state index contributed by atoms with van der Waals surface area (Å²) < 4.78 is 11.7. The molecule has 7 heteroatoms. The van der Waals surface area contributed by atoms with Crippen LogP contribution in [-0.2, 0) is 9.47 Å². The minimum Gasteiger partial charge on any atom is -0.393 e. The van der Waals surface area contributed by atoms with Crippen LogP contribution in [0.5, 0.6) is 0 Å². The van der Waals surface area contributed by atoms with Gasteiger partial charge in [0, 0.05) is 30.3 Å². The molecule has 6 aliphatic rings. The summed E-state index contributed by atoms with van der Waals surface area (Å²) in [4.78, 5) is 0. The molecule has 4 bridgehead atoms. The number of fused-ring (bicyclic) bond motifs is 2. The molecule has 0 aromatic rings. The molecule has 6 fully saturated rings. The number of aliphatic hydroxyl groups is 5. The average Bonchev–Trinajstić information content (AvgIpc) is 2.73. The Kier molecular flexibility index (Phi) is 3.73. The van der Waals surface area contributed by atoms with E-state index in [4.69, 9.17) is 9.47 Å². The van der Waals surface area contributed by atoms with E-state index in [0.717, 1.165) is 12.8 Å². The van der Waals surface area contributed by atoms with E-state index in [-0.39, 0.29) is 11.8 Å². The van der Waals surface area contributed by atoms with E-state index < -0.39 is 65.1 Å².